The fourth-order valence-electron chi connectivity index (χ4n) is 3.60. The highest BCUT2D eigenvalue weighted by Crippen LogP contribution is 2.23. The van der Waals surface area contributed by atoms with Crippen molar-refractivity contribution >= 4 is 0 Å². The van der Waals surface area contributed by atoms with Crippen molar-refractivity contribution < 1.29 is 0 Å². The van der Waals surface area contributed by atoms with Crippen molar-refractivity contribution in [1.29, 1.82) is 0 Å². The summed E-state index contributed by atoms with van der Waals surface area (Å²) >= 11 is 0. The maximum absolute atomic E-state index is 3.72. The molecule has 1 aliphatic carbocycles. The summed E-state index contributed by atoms with van der Waals surface area (Å²) in [6, 6.07) is 1.70. The largest absolute Gasteiger partial charge is 0.314 e. The summed E-state index contributed by atoms with van der Waals surface area (Å²) in [4.78, 5) is 2.72. The minimum absolute atomic E-state index is 0.834. The Kier molecular flexibility index (Phi) is 5.30. The van der Waals surface area contributed by atoms with Crippen LogP contribution in [0, 0.1) is 5.92 Å². The van der Waals surface area contributed by atoms with E-state index in [9.17, 15) is 0 Å². The molecule has 100 valence electrons. The van der Waals surface area contributed by atoms with Crippen LogP contribution in [0.5, 0.6) is 0 Å². The molecular weight excluding hydrogens is 208 g/mol. The van der Waals surface area contributed by atoms with E-state index in [2.05, 4.69) is 24.1 Å². The number of hydrogen-bond acceptors (Lipinski definition) is 2. The fraction of sp³-hybridized carbons (Fsp3) is 1.00. The molecule has 0 aromatic heterocycles. The van der Waals surface area contributed by atoms with E-state index in [1.807, 2.05) is 0 Å². The average molecular weight is 238 g/mol. The maximum Gasteiger partial charge on any atom is 0.0119 e. The van der Waals surface area contributed by atoms with Gasteiger partial charge in [0.05, 0.1) is 0 Å². The first-order chi connectivity index (χ1) is 8.27. The van der Waals surface area contributed by atoms with Crippen LogP contribution in [0.1, 0.15) is 58.8 Å². The molecule has 1 saturated heterocycles. The van der Waals surface area contributed by atoms with E-state index in [0.717, 1.165) is 18.0 Å². The second kappa shape index (κ2) is 6.75. The predicted octanol–water partition coefficient (Wildman–Crippen LogP) is 3.03. The average Bonchev–Trinajstić information content (AvgIpc) is 2.95. The van der Waals surface area contributed by atoms with Gasteiger partial charge in [-0.15, -0.1) is 0 Å². The molecule has 2 aliphatic rings. The van der Waals surface area contributed by atoms with E-state index in [1.165, 1.54) is 64.6 Å². The van der Waals surface area contributed by atoms with Crippen molar-refractivity contribution in [1.82, 2.24) is 10.2 Å². The van der Waals surface area contributed by atoms with Crippen LogP contribution in [0.4, 0.5) is 0 Å². The molecule has 0 aromatic rings. The third-order valence-corrected chi connectivity index (χ3v) is 4.59. The van der Waals surface area contributed by atoms with Crippen LogP contribution in [-0.4, -0.2) is 36.6 Å². The number of likely N-dealkylation sites (tertiary alicyclic amines) is 1. The number of hydrogen-bond donors (Lipinski definition) is 1. The molecule has 0 spiro atoms. The van der Waals surface area contributed by atoms with E-state index >= 15 is 0 Å². The SMILES string of the molecule is CC(C)C1CCCN1CCCNC1CCCC1. The van der Waals surface area contributed by atoms with Gasteiger partial charge in [-0.2, -0.15) is 0 Å². The molecule has 0 radical (unpaired) electrons. The summed E-state index contributed by atoms with van der Waals surface area (Å²) in [6.07, 6.45) is 9.89. The Labute approximate surface area is 107 Å². The quantitative estimate of drug-likeness (QED) is 0.716. The molecule has 2 nitrogen and oxygen atoms in total. The summed E-state index contributed by atoms with van der Waals surface area (Å²) in [6.45, 7) is 8.63. The minimum Gasteiger partial charge on any atom is -0.314 e. The standard InChI is InChI=1S/C15H30N2/c1-13(2)15-9-5-11-17(15)12-6-10-16-14-7-3-4-8-14/h13-16H,3-12H2,1-2H3. The van der Waals surface area contributed by atoms with Gasteiger partial charge in [0.1, 0.15) is 0 Å². The molecule has 1 aliphatic heterocycles. The second-order valence-electron chi connectivity index (χ2n) is 6.28. The molecule has 17 heavy (non-hydrogen) atoms. The van der Waals surface area contributed by atoms with Crippen LogP contribution in [0.15, 0.2) is 0 Å². The van der Waals surface area contributed by atoms with Gasteiger partial charge in [0, 0.05) is 12.1 Å². The number of nitrogens with one attached hydrogen (secondary N) is 1. The lowest BCUT2D eigenvalue weighted by Crippen LogP contribution is -2.36. The molecule has 0 amide bonds. The zero-order valence-corrected chi connectivity index (χ0v) is 11.8. The Morgan fingerprint density at radius 1 is 1.12 bits per heavy atom. The first-order valence-electron chi connectivity index (χ1n) is 7.75. The van der Waals surface area contributed by atoms with Crippen LogP contribution in [-0.2, 0) is 0 Å². The molecular formula is C15H30N2. The molecule has 2 fully saturated rings. The van der Waals surface area contributed by atoms with E-state index < -0.39 is 0 Å². The lowest BCUT2D eigenvalue weighted by atomic mass is 10.0. The zero-order valence-electron chi connectivity index (χ0n) is 11.8. The highest BCUT2D eigenvalue weighted by Gasteiger charge is 2.26. The van der Waals surface area contributed by atoms with Crippen molar-refractivity contribution in [2.45, 2.75) is 70.9 Å². The van der Waals surface area contributed by atoms with Gasteiger partial charge in [-0.25, -0.2) is 0 Å². The molecule has 1 atom stereocenters. The normalized spacial score (nSPS) is 27.4. The lowest BCUT2D eigenvalue weighted by Gasteiger charge is -2.27. The molecule has 1 unspecified atom stereocenters. The van der Waals surface area contributed by atoms with Gasteiger partial charge in [-0.05, 0) is 57.7 Å². The van der Waals surface area contributed by atoms with Crippen LogP contribution in [0.3, 0.4) is 0 Å². The van der Waals surface area contributed by atoms with Crippen molar-refractivity contribution in [3.8, 4) is 0 Å². The highest BCUT2D eigenvalue weighted by atomic mass is 15.2. The van der Waals surface area contributed by atoms with Gasteiger partial charge < -0.3 is 10.2 Å². The molecule has 2 rings (SSSR count). The summed E-state index contributed by atoms with van der Waals surface area (Å²) in [5.74, 6) is 0.834. The maximum atomic E-state index is 3.72. The summed E-state index contributed by atoms with van der Waals surface area (Å²) < 4.78 is 0. The van der Waals surface area contributed by atoms with Gasteiger partial charge in [-0.1, -0.05) is 26.7 Å². The van der Waals surface area contributed by atoms with Gasteiger partial charge in [0.25, 0.3) is 0 Å². The van der Waals surface area contributed by atoms with Crippen molar-refractivity contribution in [3.05, 3.63) is 0 Å². The van der Waals surface area contributed by atoms with Gasteiger partial charge >= 0.3 is 0 Å². The monoisotopic (exact) mass is 238 g/mol. The molecule has 0 bridgehead atoms. The molecule has 1 saturated carbocycles. The first-order valence-corrected chi connectivity index (χ1v) is 7.75. The topological polar surface area (TPSA) is 15.3 Å². The van der Waals surface area contributed by atoms with Crippen LogP contribution in [0.25, 0.3) is 0 Å². The van der Waals surface area contributed by atoms with E-state index in [4.69, 9.17) is 0 Å². The van der Waals surface area contributed by atoms with Gasteiger partial charge in [0.15, 0.2) is 0 Å². The Morgan fingerprint density at radius 2 is 1.88 bits per heavy atom. The Hall–Kier alpha value is -0.0800. The zero-order chi connectivity index (χ0) is 12.1. The molecule has 1 N–H and O–H groups in total. The van der Waals surface area contributed by atoms with Crippen LogP contribution < -0.4 is 5.32 Å². The molecule has 0 aromatic carbocycles. The van der Waals surface area contributed by atoms with Gasteiger partial charge in [-0.3, -0.25) is 0 Å². The molecule has 1 heterocycles. The van der Waals surface area contributed by atoms with Crippen LogP contribution in [0.2, 0.25) is 0 Å². The Morgan fingerprint density at radius 3 is 2.59 bits per heavy atom. The van der Waals surface area contributed by atoms with E-state index in [-0.39, 0.29) is 0 Å². The van der Waals surface area contributed by atoms with Crippen molar-refractivity contribution in [3.63, 3.8) is 0 Å². The number of nitrogens with zero attached hydrogens (tertiary/aromatic N) is 1. The highest BCUT2D eigenvalue weighted by molar-refractivity contribution is 4.81. The smallest absolute Gasteiger partial charge is 0.0119 e. The number of rotatable bonds is 6. The minimum atomic E-state index is 0.834. The summed E-state index contributed by atoms with van der Waals surface area (Å²) in [5, 5.41) is 3.72. The fourth-order valence-corrected chi connectivity index (χ4v) is 3.60. The van der Waals surface area contributed by atoms with Crippen LogP contribution >= 0.6 is 0 Å². The van der Waals surface area contributed by atoms with E-state index in [1.54, 1.807) is 0 Å². The predicted molar refractivity (Wildman–Crippen MR) is 74.3 cm³/mol. The Bertz CT molecular complexity index is 209. The van der Waals surface area contributed by atoms with E-state index in [0.29, 0.717) is 0 Å². The second-order valence-corrected chi connectivity index (χ2v) is 6.28. The molecule has 2 heteroatoms. The summed E-state index contributed by atoms with van der Waals surface area (Å²) in [5.41, 5.74) is 0. The third-order valence-electron chi connectivity index (χ3n) is 4.59. The first kappa shape index (κ1) is 13.4. The summed E-state index contributed by atoms with van der Waals surface area (Å²) in [7, 11) is 0. The lowest BCUT2D eigenvalue weighted by molar-refractivity contribution is 0.203. The van der Waals surface area contributed by atoms with Crippen molar-refractivity contribution in [2.75, 3.05) is 19.6 Å². The third kappa shape index (κ3) is 3.96. The van der Waals surface area contributed by atoms with Gasteiger partial charge in [0.2, 0.25) is 0 Å². The van der Waals surface area contributed by atoms with Crippen molar-refractivity contribution in [2.24, 2.45) is 5.92 Å². The Balaban J connectivity index is 1.57.